The maximum absolute atomic E-state index is 4.55. The molecule has 1 fully saturated rings. The number of nitrogens with zero attached hydrogens (tertiary/aromatic N) is 3. The molecule has 2 aromatic rings. The normalized spacial score (nSPS) is 25.9. The Balaban J connectivity index is 1.60. The molecule has 21 heavy (non-hydrogen) atoms. The summed E-state index contributed by atoms with van der Waals surface area (Å²) in [6.45, 7) is 5.53. The summed E-state index contributed by atoms with van der Waals surface area (Å²) in [5.74, 6) is 1.55. The average Bonchev–Trinajstić information content (AvgIpc) is 2.99. The monoisotopic (exact) mass is 284 g/mol. The maximum Gasteiger partial charge on any atom is 0.0969 e. The van der Waals surface area contributed by atoms with Gasteiger partial charge < -0.3 is 5.32 Å². The van der Waals surface area contributed by atoms with Crippen LogP contribution in [0.1, 0.15) is 38.8 Å². The van der Waals surface area contributed by atoms with E-state index in [1.807, 2.05) is 36.5 Å². The van der Waals surface area contributed by atoms with Gasteiger partial charge in [0.05, 0.1) is 17.6 Å². The number of hydrogen-bond donors (Lipinski definition) is 1. The fourth-order valence-electron chi connectivity index (χ4n) is 3.17. The first-order valence-electron chi connectivity index (χ1n) is 7.94. The lowest BCUT2D eigenvalue weighted by Crippen LogP contribution is -2.40. The van der Waals surface area contributed by atoms with Gasteiger partial charge in [0.15, 0.2) is 0 Å². The van der Waals surface area contributed by atoms with Crippen LogP contribution in [0.3, 0.4) is 0 Å². The second kappa shape index (κ2) is 6.39. The summed E-state index contributed by atoms with van der Waals surface area (Å²) in [5.41, 5.74) is 2.01. The molecule has 1 aromatic heterocycles. The van der Waals surface area contributed by atoms with Crippen LogP contribution < -0.4 is 5.32 Å². The van der Waals surface area contributed by atoms with Crippen molar-refractivity contribution >= 4 is 0 Å². The third kappa shape index (κ3) is 3.32. The van der Waals surface area contributed by atoms with Gasteiger partial charge in [-0.1, -0.05) is 44.9 Å². The lowest BCUT2D eigenvalue weighted by Gasteiger charge is -2.34. The van der Waals surface area contributed by atoms with Gasteiger partial charge in [-0.05, 0) is 30.4 Å². The van der Waals surface area contributed by atoms with Crippen LogP contribution in [-0.4, -0.2) is 21.0 Å². The molecule has 4 heteroatoms. The first-order valence-corrected chi connectivity index (χ1v) is 7.94. The van der Waals surface area contributed by atoms with E-state index >= 15 is 0 Å². The van der Waals surface area contributed by atoms with Crippen LogP contribution in [0.2, 0.25) is 0 Å². The Labute approximate surface area is 126 Å². The van der Waals surface area contributed by atoms with Gasteiger partial charge >= 0.3 is 0 Å². The zero-order chi connectivity index (χ0) is 14.7. The number of para-hydroxylation sites is 1. The highest BCUT2D eigenvalue weighted by atomic mass is 15.5. The van der Waals surface area contributed by atoms with Crippen molar-refractivity contribution in [2.75, 3.05) is 0 Å². The molecule has 0 spiro atoms. The van der Waals surface area contributed by atoms with Gasteiger partial charge in [0, 0.05) is 12.6 Å². The van der Waals surface area contributed by atoms with Crippen LogP contribution in [0.25, 0.3) is 5.69 Å². The molecule has 0 bridgehead atoms. The van der Waals surface area contributed by atoms with Gasteiger partial charge in [0.25, 0.3) is 0 Å². The Hall–Kier alpha value is -1.68. The molecule has 1 saturated carbocycles. The zero-order valence-electron chi connectivity index (χ0n) is 12.9. The van der Waals surface area contributed by atoms with E-state index in [-0.39, 0.29) is 0 Å². The molecular formula is C17H24N4. The standard InChI is InChI=1S/C17H24N4/c1-13-7-6-10-17(14(13)2)18-11-15-12-19-21(20-15)16-8-4-3-5-9-16/h3-5,8-9,12-14,17-18H,6-7,10-11H2,1-2H3. The molecule has 0 saturated heterocycles. The van der Waals surface area contributed by atoms with Gasteiger partial charge in [-0.15, -0.1) is 0 Å². The van der Waals surface area contributed by atoms with Crippen molar-refractivity contribution < 1.29 is 0 Å². The highest BCUT2D eigenvalue weighted by Crippen LogP contribution is 2.29. The van der Waals surface area contributed by atoms with Gasteiger partial charge in [0.2, 0.25) is 0 Å². The molecule has 4 nitrogen and oxygen atoms in total. The molecule has 3 unspecified atom stereocenters. The second-order valence-corrected chi connectivity index (χ2v) is 6.22. The summed E-state index contributed by atoms with van der Waals surface area (Å²) in [4.78, 5) is 1.70. The summed E-state index contributed by atoms with van der Waals surface area (Å²) in [7, 11) is 0. The summed E-state index contributed by atoms with van der Waals surface area (Å²) >= 11 is 0. The highest BCUT2D eigenvalue weighted by molar-refractivity contribution is 5.28. The topological polar surface area (TPSA) is 42.7 Å². The molecule has 1 aliphatic carbocycles. The average molecular weight is 284 g/mol. The van der Waals surface area contributed by atoms with Crippen LogP contribution in [0.4, 0.5) is 0 Å². The minimum absolute atomic E-state index is 0.607. The van der Waals surface area contributed by atoms with E-state index in [9.17, 15) is 0 Å². The molecule has 3 rings (SSSR count). The lowest BCUT2D eigenvalue weighted by molar-refractivity contribution is 0.205. The number of aromatic nitrogens is 3. The predicted molar refractivity (Wildman–Crippen MR) is 84.2 cm³/mol. The number of benzene rings is 1. The molecule has 0 aliphatic heterocycles. The Morgan fingerprint density at radius 2 is 2.00 bits per heavy atom. The summed E-state index contributed by atoms with van der Waals surface area (Å²) < 4.78 is 0. The molecule has 1 aromatic carbocycles. The van der Waals surface area contributed by atoms with Crippen molar-refractivity contribution in [2.45, 2.75) is 45.7 Å². The Kier molecular flexibility index (Phi) is 4.34. The molecule has 0 radical (unpaired) electrons. The van der Waals surface area contributed by atoms with Gasteiger partial charge in [-0.25, -0.2) is 0 Å². The smallest absolute Gasteiger partial charge is 0.0969 e. The Morgan fingerprint density at radius 3 is 2.81 bits per heavy atom. The lowest BCUT2D eigenvalue weighted by atomic mass is 9.78. The van der Waals surface area contributed by atoms with E-state index in [2.05, 4.69) is 29.4 Å². The second-order valence-electron chi connectivity index (χ2n) is 6.22. The zero-order valence-corrected chi connectivity index (χ0v) is 12.9. The molecular weight excluding hydrogens is 260 g/mol. The Bertz CT molecular complexity index is 563. The van der Waals surface area contributed by atoms with E-state index in [0.29, 0.717) is 6.04 Å². The van der Waals surface area contributed by atoms with E-state index in [1.54, 1.807) is 4.80 Å². The number of rotatable bonds is 4. The maximum atomic E-state index is 4.55. The quantitative estimate of drug-likeness (QED) is 0.937. The summed E-state index contributed by atoms with van der Waals surface area (Å²) in [5, 5.41) is 12.6. The van der Waals surface area contributed by atoms with Crippen molar-refractivity contribution in [2.24, 2.45) is 11.8 Å². The molecule has 1 N–H and O–H groups in total. The van der Waals surface area contributed by atoms with E-state index in [0.717, 1.165) is 29.8 Å². The van der Waals surface area contributed by atoms with Crippen molar-refractivity contribution in [3.8, 4) is 5.69 Å². The van der Waals surface area contributed by atoms with Crippen LogP contribution in [-0.2, 0) is 6.54 Å². The largest absolute Gasteiger partial charge is 0.308 e. The third-order valence-corrected chi connectivity index (χ3v) is 4.78. The van der Waals surface area contributed by atoms with Gasteiger partial charge in [-0.2, -0.15) is 15.0 Å². The third-order valence-electron chi connectivity index (χ3n) is 4.78. The minimum atomic E-state index is 0.607. The fourth-order valence-corrected chi connectivity index (χ4v) is 3.17. The summed E-state index contributed by atoms with van der Waals surface area (Å²) in [6, 6.07) is 10.6. The molecule has 3 atom stereocenters. The van der Waals surface area contributed by atoms with Crippen LogP contribution in [0, 0.1) is 11.8 Å². The minimum Gasteiger partial charge on any atom is -0.308 e. The van der Waals surface area contributed by atoms with Crippen molar-refractivity contribution in [1.29, 1.82) is 0 Å². The van der Waals surface area contributed by atoms with Crippen molar-refractivity contribution in [1.82, 2.24) is 20.3 Å². The molecule has 1 heterocycles. The molecule has 0 amide bonds. The number of nitrogens with one attached hydrogen (secondary N) is 1. The first kappa shape index (κ1) is 14.3. The molecule has 112 valence electrons. The number of hydrogen-bond acceptors (Lipinski definition) is 3. The Morgan fingerprint density at radius 1 is 1.19 bits per heavy atom. The predicted octanol–water partition coefficient (Wildman–Crippen LogP) is 3.18. The fraction of sp³-hybridized carbons (Fsp3) is 0.529. The van der Waals surface area contributed by atoms with Crippen LogP contribution >= 0.6 is 0 Å². The van der Waals surface area contributed by atoms with Crippen molar-refractivity contribution in [3.63, 3.8) is 0 Å². The van der Waals surface area contributed by atoms with Gasteiger partial charge in [-0.3, -0.25) is 0 Å². The van der Waals surface area contributed by atoms with Crippen LogP contribution in [0.5, 0.6) is 0 Å². The highest BCUT2D eigenvalue weighted by Gasteiger charge is 2.26. The van der Waals surface area contributed by atoms with Gasteiger partial charge in [0.1, 0.15) is 0 Å². The van der Waals surface area contributed by atoms with E-state index in [4.69, 9.17) is 0 Å². The van der Waals surface area contributed by atoms with Crippen LogP contribution in [0.15, 0.2) is 36.5 Å². The molecule has 1 aliphatic rings. The SMILES string of the molecule is CC1CCCC(NCc2cnn(-c3ccccc3)n2)C1C. The van der Waals surface area contributed by atoms with E-state index in [1.165, 1.54) is 19.3 Å². The van der Waals surface area contributed by atoms with E-state index < -0.39 is 0 Å². The summed E-state index contributed by atoms with van der Waals surface area (Å²) in [6.07, 6.45) is 5.83. The van der Waals surface area contributed by atoms with Crippen molar-refractivity contribution in [3.05, 3.63) is 42.2 Å². The first-order chi connectivity index (χ1) is 10.2.